The number of hydrogen-bond acceptors (Lipinski definition) is 4. The molecule has 2 aromatic heterocycles. The number of pyridine rings is 1. The van der Waals surface area contributed by atoms with Gasteiger partial charge in [-0.05, 0) is 31.9 Å². The van der Waals surface area contributed by atoms with Gasteiger partial charge in [0.1, 0.15) is 0 Å². The van der Waals surface area contributed by atoms with Crippen molar-refractivity contribution in [2.45, 2.75) is 33.2 Å². The lowest BCUT2D eigenvalue weighted by Crippen LogP contribution is -2.28. The molecule has 0 saturated heterocycles. The number of aryl methyl sites for hydroxylation is 2. The number of urea groups is 1. The van der Waals surface area contributed by atoms with Crippen molar-refractivity contribution in [2.24, 2.45) is 0 Å². The van der Waals surface area contributed by atoms with Gasteiger partial charge in [-0.1, -0.05) is 6.92 Å². The molecule has 0 unspecified atom stereocenters. The average molecular weight is 308 g/mol. The summed E-state index contributed by atoms with van der Waals surface area (Å²) >= 11 is 1.60. The Labute approximate surface area is 126 Å². The lowest BCUT2D eigenvalue weighted by Gasteiger charge is -2.07. The van der Waals surface area contributed by atoms with Crippen LogP contribution < -0.4 is 10.6 Å². The van der Waals surface area contributed by atoms with Gasteiger partial charge < -0.3 is 10.6 Å². The zero-order valence-electron chi connectivity index (χ0n) is 11.9. The molecule has 2 N–H and O–H groups in total. The Morgan fingerprint density at radius 1 is 1.48 bits per heavy atom. The summed E-state index contributed by atoms with van der Waals surface area (Å²) in [6.45, 7) is 4.40. The van der Waals surface area contributed by atoms with Crippen LogP contribution in [0, 0.1) is 12.9 Å². The second-order valence-electron chi connectivity index (χ2n) is 4.52. The number of amides is 2. The van der Waals surface area contributed by atoms with E-state index in [2.05, 4.69) is 27.5 Å². The number of halogens is 1. The summed E-state index contributed by atoms with van der Waals surface area (Å²) in [5, 5.41) is 6.20. The molecule has 0 radical (unpaired) electrons. The first kappa shape index (κ1) is 15.4. The van der Waals surface area contributed by atoms with Crippen molar-refractivity contribution >= 4 is 23.1 Å². The van der Waals surface area contributed by atoms with E-state index in [0.717, 1.165) is 28.4 Å². The molecule has 2 heterocycles. The summed E-state index contributed by atoms with van der Waals surface area (Å²) in [5.41, 5.74) is 0.985. The predicted octanol–water partition coefficient (Wildman–Crippen LogP) is 3.26. The van der Waals surface area contributed by atoms with E-state index in [0.29, 0.717) is 6.54 Å². The summed E-state index contributed by atoms with van der Waals surface area (Å²) in [5.74, 6) is -0.702. The van der Waals surface area contributed by atoms with Crippen LogP contribution in [0.5, 0.6) is 0 Å². The van der Waals surface area contributed by atoms with Gasteiger partial charge in [0.15, 0.2) is 0 Å². The Bertz CT molecular complexity index is 629. The van der Waals surface area contributed by atoms with Gasteiger partial charge in [-0.25, -0.2) is 14.8 Å². The SMILES string of the molecule is CCCc1nc(C)c(CNC(=O)Nc2cccnc2F)s1. The van der Waals surface area contributed by atoms with E-state index >= 15 is 0 Å². The third kappa shape index (κ3) is 4.22. The summed E-state index contributed by atoms with van der Waals surface area (Å²) in [6, 6.07) is 2.55. The van der Waals surface area contributed by atoms with Gasteiger partial charge in [0.2, 0.25) is 5.95 Å². The Morgan fingerprint density at radius 3 is 3.00 bits per heavy atom. The smallest absolute Gasteiger partial charge is 0.319 e. The van der Waals surface area contributed by atoms with Crippen LogP contribution in [0.15, 0.2) is 18.3 Å². The molecule has 0 aliphatic rings. The number of anilines is 1. The Balaban J connectivity index is 1.91. The number of aromatic nitrogens is 2. The molecule has 2 aromatic rings. The van der Waals surface area contributed by atoms with Gasteiger partial charge in [0.25, 0.3) is 0 Å². The average Bonchev–Trinajstić information content (AvgIpc) is 2.80. The third-order valence-electron chi connectivity index (χ3n) is 2.82. The quantitative estimate of drug-likeness (QED) is 0.833. The van der Waals surface area contributed by atoms with Gasteiger partial charge in [-0.3, -0.25) is 0 Å². The molecule has 0 aromatic carbocycles. The van der Waals surface area contributed by atoms with Crippen LogP contribution in [0.1, 0.15) is 28.9 Å². The predicted molar refractivity (Wildman–Crippen MR) is 80.9 cm³/mol. The van der Waals surface area contributed by atoms with Crippen LogP contribution in [0.3, 0.4) is 0 Å². The highest BCUT2D eigenvalue weighted by Gasteiger charge is 2.10. The number of nitrogens with zero attached hydrogens (tertiary/aromatic N) is 2. The zero-order chi connectivity index (χ0) is 15.2. The number of carbonyl (C=O) groups excluding carboxylic acids is 1. The molecule has 0 aliphatic carbocycles. The number of hydrogen-bond donors (Lipinski definition) is 2. The fourth-order valence-electron chi connectivity index (χ4n) is 1.78. The minimum atomic E-state index is -0.702. The van der Waals surface area contributed by atoms with Gasteiger partial charge in [0.05, 0.1) is 22.9 Å². The molecule has 0 bridgehead atoms. The number of nitrogens with one attached hydrogen (secondary N) is 2. The van der Waals surface area contributed by atoms with Crippen molar-refractivity contribution in [1.29, 1.82) is 0 Å². The van der Waals surface area contributed by atoms with Crippen LogP contribution in [0.25, 0.3) is 0 Å². The minimum Gasteiger partial charge on any atom is -0.333 e. The number of carbonyl (C=O) groups is 1. The van der Waals surface area contributed by atoms with E-state index in [-0.39, 0.29) is 5.69 Å². The molecule has 21 heavy (non-hydrogen) atoms. The van der Waals surface area contributed by atoms with Crippen molar-refractivity contribution in [2.75, 3.05) is 5.32 Å². The Kier molecular flexibility index (Phi) is 5.21. The highest BCUT2D eigenvalue weighted by atomic mass is 32.1. The Hall–Kier alpha value is -2.02. The monoisotopic (exact) mass is 308 g/mol. The minimum absolute atomic E-state index is 0.0581. The maximum Gasteiger partial charge on any atom is 0.319 e. The molecule has 0 atom stereocenters. The summed E-state index contributed by atoms with van der Waals surface area (Å²) < 4.78 is 13.3. The molecular weight excluding hydrogens is 291 g/mol. The van der Waals surface area contributed by atoms with E-state index in [4.69, 9.17) is 0 Å². The largest absolute Gasteiger partial charge is 0.333 e. The Morgan fingerprint density at radius 2 is 2.29 bits per heavy atom. The fraction of sp³-hybridized carbons (Fsp3) is 0.357. The maximum atomic E-state index is 13.3. The van der Waals surface area contributed by atoms with E-state index in [9.17, 15) is 9.18 Å². The van der Waals surface area contributed by atoms with Crippen molar-refractivity contribution in [1.82, 2.24) is 15.3 Å². The molecule has 2 rings (SSSR count). The van der Waals surface area contributed by atoms with E-state index < -0.39 is 12.0 Å². The normalized spacial score (nSPS) is 10.4. The summed E-state index contributed by atoms with van der Waals surface area (Å²) in [7, 11) is 0. The van der Waals surface area contributed by atoms with Gasteiger partial charge in [0, 0.05) is 11.1 Å². The van der Waals surface area contributed by atoms with Crippen molar-refractivity contribution in [3.05, 3.63) is 39.9 Å². The molecular formula is C14H17FN4OS. The molecule has 7 heteroatoms. The first-order valence-electron chi connectivity index (χ1n) is 6.70. The van der Waals surface area contributed by atoms with E-state index in [1.54, 1.807) is 17.4 Å². The van der Waals surface area contributed by atoms with Crippen LogP contribution in [-0.4, -0.2) is 16.0 Å². The molecule has 0 spiro atoms. The second kappa shape index (κ2) is 7.12. The van der Waals surface area contributed by atoms with Crippen molar-refractivity contribution in [3.8, 4) is 0 Å². The van der Waals surface area contributed by atoms with E-state index in [1.807, 2.05) is 6.92 Å². The molecule has 2 amide bonds. The second-order valence-corrected chi connectivity index (χ2v) is 5.68. The van der Waals surface area contributed by atoms with Gasteiger partial charge >= 0.3 is 6.03 Å². The zero-order valence-corrected chi connectivity index (χ0v) is 12.8. The number of thiazole rings is 1. The topological polar surface area (TPSA) is 66.9 Å². The van der Waals surface area contributed by atoms with Crippen LogP contribution in [0.2, 0.25) is 0 Å². The van der Waals surface area contributed by atoms with Crippen LogP contribution >= 0.6 is 11.3 Å². The lowest BCUT2D eigenvalue weighted by atomic mass is 10.3. The summed E-state index contributed by atoms with van der Waals surface area (Å²) in [6.07, 6.45) is 3.31. The molecule has 0 aliphatic heterocycles. The van der Waals surface area contributed by atoms with Gasteiger partial charge in [-0.15, -0.1) is 11.3 Å². The van der Waals surface area contributed by atoms with Gasteiger partial charge in [-0.2, -0.15) is 4.39 Å². The maximum absolute atomic E-state index is 13.3. The molecule has 0 saturated carbocycles. The third-order valence-corrected chi connectivity index (χ3v) is 4.03. The summed E-state index contributed by atoms with van der Waals surface area (Å²) in [4.78, 5) is 20.7. The highest BCUT2D eigenvalue weighted by Crippen LogP contribution is 2.19. The van der Waals surface area contributed by atoms with Crippen molar-refractivity contribution < 1.29 is 9.18 Å². The highest BCUT2D eigenvalue weighted by molar-refractivity contribution is 7.11. The lowest BCUT2D eigenvalue weighted by molar-refractivity contribution is 0.251. The first-order valence-corrected chi connectivity index (χ1v) is 7.52. The van der Waals surface area contributed by atoms with E-state index in [1.165, 1.54) is 12.3 Å². The van der Waals surface area contributed by atoms with Crippen LogP contribution in [0.4, 0.5) is 14.9 Å². The number of rotatable bonds is 5. The van der Waals surface area contributed by atoms with Crippen LogP contribution in [-0.2, 0) is 13.0 Å². The first-order chi connectivity index (χ1) is 10.1. The molecule has 112 valence electrons. The molecule has 0 fully saturated rings. The molecule has 5 nitrogen and oxygen atoms in total. The van der Waals surface area contributed by atoms with Crippen molar-refractivity contribution in [3.63, 3.8) is 0 Å². The standard InChI is InChI=1S/C14H17FN4OS/c1-3-5-12-18-9(2)11(21-12)8-17-14(20)19-10-6-4-7-16-13(10)15/h4,6-7H,3,5,8H2,1-2H3,(H2,17,19,20). The fourth-order valence-corrected chi connectivity index (χ4v) is 2.89.